The van der Waals surface area contributed by atoms with Crippen LogP contribution in [0, 0.1) is 11.7 Å². The Hall–Kier alpha value is -3.11. The second kappa shape index (κ2) is 8.92. The highest BCUT2D eigenvalue weighted by Gasteiger charge is 2.62. The molecule has 34 heavy (non-hydrogen) atoms. The van der Waals surface area contributed by atoms with E-state index in [2.05, 4.69) is 19.7 Å². The van der Waals surface area contributed by atoms with Gasteiger partial charge in [0.05, 0.1) is 12.4 Å². The summed E-state index contributed by atoms with van der Waals surface area (Å²) >= 11 is 0. The van der Waals surface area contributed by atoms with Crippen LogP contribution >= 0.6 is 0 Å². The number of halogens is 5. The normalized spacial score (nSPS) is 24.9. The Morgan fingerprint density at radius 1 is 1.26 bits per heavy atom. The molecular weight excluding hydrogens is 461 g/mol. The van der Waals surface area contributed by atoms with E-state index in [-0.39, 0.29) is 42.3 Å². The molecule has 182 valence electrons. The first-order valence-electron chi connectivity index (χ1n) is 10.6. The highest BCUT2D eigenvalue weighted by Crippen LogP contribution is 2.51. The number of benzene rings is 1. The first-order chi connectivity index (χ1) is 16.1. The zero-order chi connectivity index (χ0) is 24.7. The maximum absolute atomic E-state index is 15.6. The van der Waals surface area contributed by atoms with E-state index in [1.54, 1.807) is 0 Å². The molecule has 1 saturated carbocycles. The van der Waals surface area contributed by atoms with Crippen LogP contribution in [-0.4, -0.2) is 46.7 Å². The molecule has 1 aromatic heterocycles. The summed E-state index contributed by atoms with van der Waals surface area (Å²) in [4.78, 5) is 24.3. The zero-order valence-electron chi connectivity index (χ0n) is 18.4. The summed E-state index contributed by atoms with van der Waals surface area (Å²) < 4.78 is 81.8. The standard InChI is InChI=1S/C23H22F5N3O3/c1-12-31-22(2,20(26)21(34-12)23(27,28)14-4-5-14)15-7-13(3-6-16(15)25)8-18(32)17-9-30-19(10-29-17)33-11-24/h3,6-7,9-10,14,20-21H,4-5,8,11H2,1-2H3/t20-,21-,22+/m0/s1. The molecule has 0 spiro atoms. The number of ether oxygens (including phenoxy) is 2. The number of aromatic nitrogens is 2. The Labute approximate surface area is 192 Å². The predicted molar refractivity (Wildman–Crippen MR) is 111 cm³/mol. The molecule has 0 bridgehead atoms. The van der Waals surface area contributed by atoms with E-state index in [0.717, 1.165) is 18.5 Å². The first-order valence-corrected chi connectivity index (χ1v) is 10.6. The van der Waals surface area contributed by atoms with Crippen molar-refractivity contribution in [2.24, 2.45) is 10.9 Å². The quantitative estimate of drug-likeness (QED) is 0.400. The summed E-state index contributed by atoms with van der Waals surface area (Å²) in [5, 5.41) is 0. The van der Waals surface area contributed by atoms with E-state index < -0.39 is 48.1 Å². The lowest BCUT2D eigenvalue weighted by atomic mass is 9.80. The van der Waals surface area contributed by atoms with Crippen molar-refractivity contribution in [2.45, 2.75) is 56.8 Å². The van der Waals surface area contributed by atoms with Crippen molar-refractivity contribution in [1.82, 2.24) is 9.97 Å². The van der Waals surface area contributed by atoms with Gasteiger partial charge in [-0.2, -0.15) is 0 Å². The van der Waals surface area contributed by atoms with Gasteiger partial charge >= 0.3 is 0 Å². The Kier molecular flexibility index (Phi) is 6.30. The third kappa shape index (κ3) is 4.47. The van der Waals surface area contributed by atoms with Gasteiger partial charge in [-0.1, -0.05) is 6.07 Å². The summed E-state index contributed by atoms with van der Waals surface area (Å²) in [5.74, 6) is -6.03. The van der Waals surface area contributed by atoms with Crippen LogP contribution in [0.4, 0.5) is 22.0 Å². The third-order valence-corrected chi connectivity index (χ3v) is 6.05. The second-order valence-electron chi connectivity index (χ2n) is 8.57. The summed E-state index contributed by atoms with van der Waals surface area (Å²) in [6.45, 7) is 1.45. The molecule has 2 aliphatic rings. The summed E-state index contributed by atoms with van der Waals surface area (Å²) in [6.07, 6.45) is -1.97. The number of hydrogen-bond donors (Lipinski definition) is 0. The molecule has 0 N–H and O–H groups in total. The maximum atomic E-state index is 15.6. The molecule has 4 rings (SSSR count). The number of aliphatic imine (C=N–C) groups is 1. The van der Waals surface area contributed by atoms with Gasteiger partial charge in [0, 0.05) is 24.8 Å². The number of Topliss-reactive ketones (excluding diaryl/α,β-unsaturated/α-hetero) is 1. The fourth-order valence-electron chi connectivity index (χ4n) is 4.07. The van der Waals surface area contributed by atoms with Crippen LogP contribution in [0.3, 0.4) is 0 Å². The van der Waals surface area contributed by atoms with E-state index in [4.69, 9.17) is 4.74 Å². The molecule has 1 aliphatic carbocycles. The van der Waals surface area contributed by atoms with Gasteiger partial charge in [-0.3, -0.25) is 4.79 Å². The van der Waals surface area contributed by atoms with E-state index in [9.17, 15) is 22.4 Å². The molecule has 2 heterocycles. The lowest BCUT2D eigenvalue weighted by molar-refractivity contribution is -0.161. The van der Waals surface area contributed by atoms with Crippen molar-refractivity contribution in [1.29, 1.82) is 0 Å². The second-order valence-corrected chi connectivity index (χ2v) is 8.57. The molecule has 2 aromatic rings. The Bertz CT molecular complexity index is 1110. The molecule has 0 unspecified atom stereocenters. The van der Waals surface area contributed by atoms with Crippen LogP contribution < -0.4 is 4.74 Å². The average molecular weight is 483 g/mol. The molecule has 6 nitrogen and oxygen atoms in total. The van der Waals surface area contributed by atoms with Crippen LogP contribution in [0.25, 0.3) is 0 Å². The van der Waals surface area contributed by atoms with Gasteiger partial charge in [-0.25, -0.2) is 36.9 Å². The molecule has 1 aliphatic heterocycles. The highest BCUT2D eigenvalue weighted by atomic mass is 19.3. The van der Waals surface area contributed by atoms with E-state index in [1.807, 2.05) is 0 Å². The molecule has 0 saturated heterocycles. The number of rotatable bonds is 8. The van der Waals surface area contributed by atoms with Crippen molar-refractivity contribution >= 4 is 11.7 Å². The topological polar surface area (TPSA) is 73.7 Å². The van der Waals surface area contributed by atoms with Crippen LogP contribution in [-0.2, 0) is 16.7 Å². The van der Waals surface area contributed by atoms with Gasteiger partial charge in [0.2, 0.25) is 12.7 Å². The van der Waals surface area contributed by atoms with Gasteiger partial charge in [0.15, 0.2) is 24.0 Å². The molecule has 1 aromatic carbocycles. The average Bonchev–Trinajstić information content (AvgIpc) is 3.64. The number of nitrogens with zero attached hydrogens (tertiary/aromatic N) is 3. The highest BCUT2D eigenvalue weighted by molar-refractivity contribution is 5.95. The van der Waals surface area contributed by atoms with Crippen molar-refractivity contribution in [3.8, 4) is 5.88 Å². The van der Waals surface area contributed by atoms with Gasteiger partial charge in [0.1, 0.15) is 17.1 Å². The van der Waals surface area contributed by atoms with Crippen LogP contribution in [0.5, 0.6) is 5.88 Å². The molecule has 0 radical (unpaired) electrons. The zero-order valence-corrected chi connectivity index (χ0v) is 18.4. The fraction of sp³-hybridized carbons (Fsp3) is 0.478. The maximum Gasteiger partial charge on any atom is 0.289 e. The van der Waals surface area contributed by atoms with Crippen molar-refractivity contribution < 1.29 is 36.2 Å². The lowest BCUT2D eigenvalue weighted by Gasteiger charge is -2.41. The fourth-order valence-corrected chi connectivity index (χ4v) is 4.07. The molecule has 11 heteroatoms. The first kappa shape index (κ1) is 24.0. The van der Waals surface area contributed by atoms with Crippen molar-refractivity contribution in [3.63, 3.8) is 0 Å². The summed E-state index contributed by atoms with van der Waals surface area (Å²) in [6, 6.07) is 3.60. The number of hydrogen-bond acceptors (Lipinski definition) is 6. The summed E-state index contributed by atoms with van der Waals surface area (Å²) in [5.41, 5.74) is -2.00. The number of ketones is 1. The van der Waals surface area contributed by atoms with Crippen LogP contribution in [0.1, 0.15) is 48.3 Å². The minimum absolute atomic E-state index is 0.0456. The van der Waals surface area contributed by atoms with Crippen molar-refractivity contribution in [3.05, 3.63) is 53.2 Å². The van der Waals surface area contributed by atoms with E-state index in [0.29, 0.717) is 5.56 Å². The Morgan fingerprint density at radius 2 is 2.00 bits per heavy atom. The largest absolute Gasteiger partial charge is 0.468 e. The van der Waals surface area contributed by atoms with E-state index in [1.165, 1.54) is 26.0 Å². The molecule has 1 fully saturated rings. The Morgan fingerprint density at radius 3 is 2.62 bits per heavy atom. The van der Waals surface area contributed by atoms with Gasteiger partial charge < -0.3 is 9.47 Å². The minimum Gasteiger partial charge on any atom is -0.468 e. The lowest BCUT2D eigenvalue weighted by Crippen LogP contribution is -2.55. The molecule has 3 atom stereocenters. The van der Waals surface area contributed by atoms with Gasteiger partial charge in [0.25, 0.3) is 5.92 Å². The van der Waals surface area contributed by atoms with Crippen LogP contribution in [0.15, 0.2) is 35.6 Å². The summed E-state index contributed by atoms with van der Waals surface area (Å²) in [7, 11) is 0. The monoisotopic (exact) mass is 483 g/mol. The van der Waals surface area contributed by atoms with Crippen molar-refractivity contribution in [2.75, 3.05) is 6.86 Å². The minimum atomic E-state index is -3.43. The number of alkyl halides is 4. The van der Waals surface area contributed by atoms with Crippen LogP contribution in [0.2, 0.25) is 0 Å². The van der Waals surface area contributed by atoms with E-state index >= 15 is 4.39 Å². The van der Waals surface area contributed by atoms with Gasteiger partial charge in [-0.05, 0) is 37.5 Å². The molecule has 0 amide bonds. The van der Waals surface area contributed by atoms with Gasteiger partial charge in [-0.15, -0.1) is 0 Å². The third-order valence-electron chi connectivity index (χ3n) is 6.05. The predicted octanol–water partition coefficient (Wildman–Crippen LogP) is 4.76. The number of carbonyl (C=O) groups is 1. The SMILES string of the molecule is CC1=N[C@](C)(c2cc(CC(=O)c3cnc(OCF)cn3)ccc2F)[C@@H](F)[C@@H](C(F)(F)C2CC2)O1. The number of carbonyl (C=O) groups excluding carboxylic acids is 1. The smallest absolute Gasteiger partial charge is 0.289 e. The molecular formula is C23H22F5N3O3. The Balaban J connectivity index is 1.61.